The van der Waals surface area contributed by atoms with Crippen LogP contribution in [0.15, 0.2) is 0 Å². The molecule has 0 rings (SSSR count). The average molecular weight is 553 g/mol. The van der Waals surface area contributed by atoms with Gasteiger partial charge in [0.25, 0.3) is 0 Å². The molecule has 0 N–H and O–H groups in total. The van der Waals surface area contributed by atoms with Gasteiger partial charge in [-0.05, 0) is 13.1 Å². The van der Waals surface area contributed by atoms with Crippen LogP contribution in [-0.2, 0) is 0 Å². The molecular formula is C16H46Cl2GeN2PSi4. The van der Waals surface area contributed by atoms with E-state index in [0.717, 1.165) is 0 Å². The van der Waals surface area contributed by atoms with E-state index in [0.29, 0.717) is 13.1 Å². The Bertz CT molecular complexity index is 364. The first kappa shape index (κ1) is 30.5. The molecule has 0 aromatic rings. The quantitative estimate of drug-likeness (QED) is 0.245. The van der Waals surface area contributed by atoms with Crippen molar-refractivity contribution >= 4 is 76.0 Å². The van der Waals surface area contributed by atoms with E-state index < -0.39 is 46.8 Å². The van der Waals surface area contributed by atoms with Crippen molar-refractivity contribution in [1.82, 2.24) is 6.38 Å². The first-order chi connectivity index (χ1) is 11.0. The molecule has 10 heteroatoms. The van der Waals surface area contributed by atoms with Gasteiger partial charge < -0.3 is 0 Å². The zero-order chi connectivity index (χ0) is 21.9. The molecule has 0 aromatic heterocycles. The average Bonchev–Trinajstić information content (AvgIpc) is 2.19. The summed E-state index contributed by atoms with van der Waals surface area (Å²) in [5.41, 5.74) is 0. The van der Waals surface area contributed by atoms with E-state index in [1.54, 1.807) is 0 Å². The maximum atomic E-state index is 7.31. The van der Waals surface area contributed by atoms with Gasteiger partial charge in [-0.2, -0.15) is 0 Å². The summed E-state index contributed by atoms with van der Waals surface area (Å²) in [6.07, 6.45) is 0. The molecule has 0 spiro atoms. The van der Waals surface area contributed by atoms with Gasteiger partial charge in [-0.1, -0.05) is 32.0 Å². The fraction of sp³-hybridized carbons (Fsp3) is 1.00. The van der Waals surface area contributed by atoms with Crippen LogP contribution in [0, 0.1) is 0 Å². The summed E-state index contributed by atoms with van der Waals surface area (Å²) in [6.45, 7) is 36.1. The van der Waals surface area contributed by atoms with Crippen molar-refractivity contribution in [3.63, 3.8) is 0 Å². The van der Waals surface area contributed by atoms with Crippen molar-refractivity contribution < 1.29 is 0 Å². The normalized spacial score (nSPS) is 15.2. The van der Waals surface area contributed by atoms with Crippen LogP contribution in [0.4, 0.5) is 0 Å². The zero-order valence-electron chi connectivity index (χ0n) is 20.2. The number of hydrogen-bond donors (Lipinski definition) is 0. The Balaban J connectivity index is 0. The molecule has 0 amide bonds. The van der Waals surface area contributed by atoms with Crippen LogP contribution >= 0.6 is 29.2 Å². The molecule has 1 unspecified atom stereocenters. The van der Waals surface area contributed by atoms with Crippen molar-refractivity contribution in [2.24, 2.45) is 0 Å². The summed E-state index contributed by atoms with van der Waals surface area (Å²) in [5.74, 6) is 0. The molecule has 1 atom stereocenters. The molecule has 0 bridgehead atoms. The molecule has 0 heterocycles. The van der Waals surface area contributed by atoms with E-state index in [1.165, 1.54) is 0 Å². The molecule has 159 valence electrons. The second-order valence-corrected chi connectivity index (χ2v) is 42.8. The molecule has 26 heavy (non-hydrogen) atoms. The van der Waals surface area contributed by atoms with Gasteiger partial charge in [0.2, 0.25) is 0 Å². The van der Waals surface area contributed by atoms with Crippen molar-refractivity contribution in [3.05, 3.63) is 0 Å². The summed E-state index contributed by atoms with van der Waals surface area (Å²) in [4.78, 5) is 0. The van der Waals surface area contributed by atoms with Crippen LogP contribution in [0.1, 0.15) is 20.8 Å². The van der Waals surface area contributed by atoms with Crippen molar-refractivity contribution in [2.45, 2.75) is 104 Å². The second kappa shape index (κ2) is 10.6. The second-order valence-electron chi connectivity index (χ2n) is 12.0. The number of rotatable bonds is 6. The Morgan fingerprint density at radius 3 is 0.846 bits per heavy atom. The fourth-order valence-corrected chi connectivity index (χ4v) is 55.9. The van der Waals surface area contributed by atoms with Gasteiger partial charge in [0.05, 0.1) is 0 Å². The Morgan fingerprint density at radius 2 is 0.769 bits per heavy atom. The van der Waals surface area contributed by atoms with Crippen molar-refractivity contribution in [3.8, 4) is 0 Å². The third-order valence-electron chi connectivity index (χ3n) is 3.34. The minimum atomic E-state index is -1.87. The maximum absolute atomic E-state index is 7.31. The topological polar surface area (TPSA) is 6.48 Å². The minimum absolute atomic E-state index is 0.335. The van der Waals surface area contributed by atoms with Crippen LogP contribution in [-0.4, -0.2) is 58.3 Å². The standard InChI is InChI=1S/C12H36ClGeN2Si4.C4H10ClP/c1-17(2,3)15(18(4,5)6)14(13)16(19(7,8)9)20(10,11)12;1-4(2,3)6-5/h1-12H3;6H,1-3H3. The molecule has 0 aliphatic rings. The summed E-state index contributed by atoms with van der Waals surface area (Å²) in [6, 6.07) is 0. The SMILES string of the molecule is CC(C)(C)PCl.C[Si](C)(C)[N]([Ge]([Cl])[N]([Si](C)(C)C)[Si](C)(C)C)[Si](C)(C)C. The monoisotopic (exact) mass is 553 g/mol. The fourth-order valence-electron chi connectivity index (χ4n) is 3.22. The van der Waals surface area contributed by atoms with Gasteiger partial charge in [0, 0.05) is 0 Å². The van der Waals surface area contributed by atoms with Gasteiger partial charge in [-0.25, -0.2) is 0 Å². The molecule has 0 saturated carbocycles. The first-order valence-corrected chi connectivity index (χ1v) is 29.9. The van der Waals surface area contributed by atoms with E-state index in [2.05, 4.69) is 106 Å². The first-order valence-electron chi connectivity index (χ1n) is 9.47. The van der Waals surface area contributed by atoms with Crippen LogP contribution in [0.2, 0.25) is 78.6 Å². The molecule has 0 fully saturated rings. The molecule has 0 aromatic carbocycles. The third-order valence-corrected chi connectivity index (χ3v) is 46.6. The molecule has 0 aliphatic carbocycles. The summed E-state index contributed by atoms with van der Waals surface area (Å²) in [7, 11) is 2.39. The summed E-state index contributed by atoms with van der Waals surface area (Å²) >= 11 is 3.63. The number of halogens is 2. The Morgan fingerprint density at radius 1 is 0.615 bits per heavy atom. The number of nitrogens with zero attached hydrogens (tertiary/aromatic N) is 2. The third kappa shape index (κ3) is 12.1. The van der Waals surface area contributed by atoms with E-state index in [9.17, 15) is 0 Å². The Hall–Kier alpha value is 2.34. The van der Waals surface area contributed by atoms with Crippen molar-refractivity contribution in [1.29, 1.82) is 0 Å². The van der Waals surface area contributed by atoms with Crippen LogP contribution in [0.25, 0.3) is 0 Å². The van der Waals surface area contributed by atoms with Gasteiger partial charge >= 0.3 is 142 Å². The Kier molecular flexibility index (Phi) is 12.4. The van der Waals surface area contributed by atoms with Crippen LogP contribution in [0.5, 0.6) is 0 Å². The van der Waals surface area contributed by atoms with Gasteiger partial charge in [-0.15, -0.1) is 0 Å². The van der Waals surface area contributed by atoms with Gasteiger partial charge in [0.15, 0.2) is 0 Å². The van der Waals surface area contributed by atoms with Crippen LogP contribution in [0.3, 0.4) is 0 Å². The molecule has 0 aliphatic heterocycles. The van der Waals surface area contributed by atoms with E-state index in [-0.39, 0.29) is 0 Å². The molecule has 1 radical (unpaired) electrons. The van der Waals surface area contributed by atoms with E-state index in [4.69, 9.17) is 21.3 Å². The number of hydrogen-bond acceptors (Lipinski definition) is 2. The van der Waals surface area contributed by atoms with E-state index >= 15 is 0 Å². The molecular weight excluding hydrogens is 507 g/mol. The predicted octanol–water partition coefficient (Wildman–Crippen LogP) is 7.77. The molecule has 0 saturated heterocycles. The Labute approximate surface area is 185 Å². The van der Waals surface area contributed by atoms with Gasteiger partial charge in [-0.3, -0.25) is 0 Å². The summed E-state index contributed by atoms with van der Waals surface area (Å²) < 4.78 is 5.83. The van der Waals surface area contributed by atoms with Gasteiger partial charge in [0.1, 0.15) is 0 Å². The molecule has 2 nitrogen and oxygen atoms in total. The summed E-state index contributed by atoms with van der Waals surface area (Å²) in [5, 5.41) is 0.335. The zero-order valence-corrected chi connectivity index (χ0v) is 28.8. The van der Waals surface area contributed by atoms with E-state index in [1.807, 2.05) is 0 Å². The predicted molar refractivity (Wildman–Crippen MR) is 143 cm³/mol. The van der Waals surface area contributed by atoms with Crippen LogP contribution < -0.4 is 0 Å². The van der Waals surface area contributed by atoms with Crippen molar-refractivity contribution in [2.75, 3.05) is 0 Å².